The zero-order valence-electron chi connectivity index (χ0n) is 11.3. The Balaban J connectivity index is 2.82. The molecule has 0 saturated heterocycles. The van der Waals surface area contributed by atoms with Gasteiger partial charge in [-0.05, 0) is 25.3 Å². The Bertz CT molecular complexity index is 507. The Morgan fingerprint density at radius 1 is 1.00 bits per heavy atom. The maximum Gasteiger partial charge on any atom is 0.224 e. The first-order valence-electron chi connectivity index (χ1n) is 6.30. The van der Waals surface area contributed by atoms with Crippen LogP contribution in [0.15, 0.2) is 0 Å². The van der Waals surface area contributed by atoms with Crippen molar-refractivity contribution in [3.63, 3.8) is 0 Å². The second-order valence-electron chi connectivity index (χ2n) is 4.71. The lowest BCUT2D eigenvalue weighted by molar-refractivity contribution is -0.116. The molecule has 8 heteroatoms. The van der Waals surface area contributed by atoms with E-state index in [2.05, 4.69) is 0 Å². The molecule has 1 amide bonds. The molecule has 0 aliphatic carbocycles. The lowest BCUT2D eigenvalue weighted by Gasteiger charge is -2.12. The van der Waals surface area contributed by atoms with Crippen molar-refractivity contribution in [2.45, 2.75) is 26.2 Å². The molecular weight excluding hydrogens is 295 g/mol. The topological polar surface area (TPSA) is 55.1 Å². The lowest BCUT2D eigenvalue weighted by Crippen LogP contribution is -2.17. The minimum atomic E-state index is -2.26. The van der Waals surface area contributed by atoms with Crippen LogP contribution in [-0.2, 0) is 4.79 Å². The zero-order valence-corrected chi connectivity index (χ0v) is 11.3. The van der Waals surface area contributed by atoms with Gasteiger partial charge in [-0.15, -0.1) is 0 Å². The van der Waals surface area contributed by atoms with Crippen molar-refractivity contribution in [2.24, 2.45) is 11.7 Å². The maximum absolute atomic E-state index is 13.3. The van der Waals surface area contributed by atoms with E-state index in [1.54, 1.807) is 5.32 Å². The average molecular weight is 310 g/mol. The van der Waals surface area contributed by atoms with Crippen LogP contribution in [0, 0.1) is 35.0 Å². The Kier molecular flexibility index (Phi) is 6.07. The quantitative estimate of drug-likeness (QED) is 0.482. The Morgan fingerprint density at radius 2 is 1.48 bits per heavy atom. The van der Waals surface area contributed by atoms with E-state index >= 15 is 0 Å². The fourth-order valence-electron chi connectivity index (χ4n) is 1.72. The summed E-state index contributed by atoms with van der Waals surface area (Å²) in [5.74, 6) is -11.3. The van der Waals surface area contributed by atoms with Crippen LogP contribution in [0.1, 0.15) is 26.2 Å². The lowest BCUT2D eigenvalue weighted by atomic mass is 10.0. The molecule has 0 heterocycles. The molecule has 1 atom stereocenters. The van der Waals surface area contributed by atoms with Gasteiger partial charge in [-0.1, -0.05) is 6.92 Å². The fourth-order valence-corrected chi connectivity index (χ4v) is 1.72. The summed E-state index contributed by atoms with van der Waals surface area (Å²) in [6.07, 6.45) is 0.939. The van der Waals surface area contributed by atoms with E-state index in [1.165, 1.54) is 0 Å². The SMILES string of the molecule is CC(CCN)CCC(=O)Nc1c(F)c(F)c(F)c(F)c1F. The van der Waals surface area contributed by atoms with Crippen molar-refractivity contribution in [1.29, 1.82) is 0 Å². The van der Waals surface area contributed by atoms with Crippen LogP contribution in [-0.4, -0.2) is 12.5 Å². The second kappa shape index (κ2) is 7.35. The maximum atomic E-state index is 13.3. The summed E-state index contributed by atoms with van der Waals surface area (Å²) in [4.78, 5) is 11.5. The fraction of sp³-hybridized carbons (Fsp3) is 0.462. The highest BCUT2D eigenvalue weighted by Crippen LogP contribution is 2.27. The molecular formula is C13H15F5N2O. The standard InChI is InChI=1S/C13H15F5N2O/c1-6(4-5-19)2-3-7(21)20-13-11(17)9(15)8(14)10(16)12(13)18/h6H,2-5,19H2,1H3,(H,20,21). The van der Waals surface area contributed by atoms with E-state index in [-0.39, 0.29) is 12.3 Å². The smallest absolute Gasteiger partial charge is 0.224 e. The predicted octanol–water partition coefficient (Wildman–Crippen LogP) is 3.09. The Hall–Kier alpha value is -1.70. The molecule has 0 bridgehead atoms. The summed E-state index contributed by atoms with van der Waals surface area (Å²) in [5.41, 5.74) is 4.00. The van der Waals surface area contributed by atoms with Crippen LogP contribution in [0.4, 0.5) is 27.6 Å². The monoisotopic (exact) mass is 310 g/mol. The Morgan fingerprint density at radius 3 is 1.95 bits per heavy atom. The summed E-state index contributed by atoms with van der Waals surface area (Å²) in [5, 5.41) is 1.72. The van der Waals surface area contributed by atoms with Crippen LogP contribution >= 0.6 is 0 Å². The first kappa shape index (κ1) is 17.4. The summed E-state index contributed by atoms with van der Waals surface area (Å²) in [6.45, 7) is 2.26. The molecule has 0 aliphatic rings. The van der Waals surface area contributed by atoms with Gasteiger partial charge in [0.15, 0.2) is 23.3 Å². The van der Waals surface area contributed by atoms with Crippen LogP contribution in [0.2, 0.25) is 0 Å². The van der Waals surface area contributed by atoms with Gasteiger partial charge in [0.05, 0.1) is 0 Å². The van der Waals surface area contributed by atoms with Crippen LogP contribution in [0.3, 0.4) is 0 Å². The van der Waals surface area contributed by atoms with Crippen LogP contribution in [0.5, 0.6) is 0 Å². The van der Waals surface area contributed by atoms with Crippen LogP contribution < -0.4 is 11.1 Å². The molecule has 118 valence electrons. The molecule has 0 fully saturated rings. The van der Waals surface area contributed by atoms with E-state index in [1.807, 2.05) is 6.92 Å². The van der Waals surface area contributed by atoms with Crippen molar-refractivity contribution in [2.75, 3.05) is 11.9 Å². The summed E-state index contributed by atoms with van der Waals surface area (Å²) in [6, 6.07) is 0. The van der Waals surface area contributed by atoms with Crippen molar-refractivity contribution in [3.05, 3.63) is 29.1 Å². The van der Waals surface area contributed by atoms with E-state index < -0.39 is 40.7 Å². The molecule has 0 spiro atoms. The van der Waals surface area contributed by atoms with Crippen molar-refractivity contribution in [1.82, 2.24) is 0 Å². The molecule has 3 N–H and O–H groups in total. The number of carbonyl (C=O) groups is 1. The molecule has 1 unspecified atom stereocenters. The normalized spacial score (nSPS) is 12.3. The van der Waals surface area contributed by atoms with Gasteiger partial charge in [0, 0.05) is 6.42 Å². The molecule has 21 heavy (non-hydrogen) atoms. The van der Waals surface area contributed by atoms with Gasteiger partial charge < -0.3 is 11.1 Å². The van der Waals surface area contributed by atoms with Crippen molar-refractivity contribution in [3.8, 4) is 0 Å². The van der Waals surface area contributed by atoms with Crippen molar-refractivity contribution >= 4 is 11.6 Å². The van der Waals surface area contributed by atoms with E-state index in [0.29, 0.717) is 19.4 Å². The molecule has 1 rings (SSSR count). The summed E-state index contributed by atoms with van der Waals surface area (Å²) in [7, 11) is 0. The molecule has 1 aromatic rings. The average Bonchev–Trinajstić information content (AvgIpc) is 2.46. The molecule has 1 aromatic carbocycles. The van der Waals surface area contributed by atoms with Gasteiger partial charge in [0.25, 0.3) is 0 Å². The first-order chi connectivity index (χ1) is 9.79. The zero-order chi connectivity index (χ0) is 16.2. The molecule has 0 aromatic heterocycles. The van der Waals surface area contributed by atoms with Crippen molar-refractivity contribution < 1.29 is 26.7 Å². The van der Waals surface area contributed by atoms with Gasteiger partial charge in [-0.25, -0.2) is 22.0 Å². The number of nitrogens with two attached hydrogens (primary N) is 1. The van der Waals surface area contributed by atoms with Gasteiger partial charge >= 0.3 is 0 Å². The van der Waals surface area contributed by atoms with Crippen LogP contribution in [0.25, 0.3) is 0 Å². The number of halogens is 5. The second-order valence-corrected chi connectivity index (χ2v) is 4.71. The van der Waals surface area contributed by atoms with Gasteiger partial charge in [-0.2, -0.15) is 0 Å². The third-order valence-corrected chi connectivity index (χ3v) is 3.00. The van der Waals surface area contributed by atoms with E-state index in [0.717, 1.165) is 0 Å². The Labute approximate surface area is 118 Å². The minimum Gasteiger partial charge on any atom is -0.330 e. The third-order valence-electron chi connectivity index (χ3n) is 3.00. The van der Waals surface area contributed by atoms with E-state index in [9.17, 15) is 26.7 Å². The molecule has 0 saturated carbocycles. The molecule has 3 nitrogen and oxygen atoms in total. The molecule has 0 aliphatic heterocycles. The highest BCUT2D eigenvalue weighted by atomic mass is 19.2. The van der Waals surface area contributed by atoms with Gasteiger partial charge in [0.1, 0.15) is 5.69 Å². The predicted molar refractivity (Wildman–Crippen MR) is 66.9 cm³/mol. The van der Waals surface area contributed by atoms with Gasteiger partial charge in [-0.3, -0.25) is 4.79 Å². The molecule has 0 radical (unpaired) electrons. The number of nitrogens with one attached hydrogen (secondary N) is 1. The summed E-state index contributed by atoms with van der Waals surface area (Å²) >= 11 is 0. The number of amides is 1. The highest BCUT2D eigenvalue weighted by molar-refractivity contribution is 5.91. The minimum absolute atomic E-state index is 0.108. The van der Waals surface area contributed by atoms with E-state index in [4.69, 9.17) is 5.73 Å². The first-order valence-corrected chi connectivity index (χ1v) is 6.30. The third kappa shape index (κ3) is 4.13. The number of hydrogen-bond acceptors (Lipinski definition) is 2. The number of anilines is 1. The summed E-state index contributed by atoms with van der Waals surface area (Å²) < 4.78 is 65.4. The number of rotatable bonds is 6. The number of hydrogen-bond donors (Lipinski definition) is 2. The number of benzene rings is 1. The van der Waals surface area contributed by atoms with Gasteiger partial charge in [0.2, 0.25) is 11.7 Å². The highest BCUT2D eigenvalue weighted by Gasteiger charge is 2.26. The largest absolute Gasteiger partial charge is 0.330 e. The number of carbonyl (C=O) groups excluding carboxylic acids is 1.